The molecule has 0 amide bonds. The first-order valence-corrected chi connectivity index (χ1v) is 7.05. The summed E-state index contributed by atoms with van der Waals surface area (Å²) >= 11 is 0. The number of anilines is 2. The van der Waals surface area contributed by atoms with Crippen LogP contribution in [0.5, 0.6) is 0 Å². The first-order chi connectivity index (χ1) is 10.2. The summed E-state index contributed by atoms with van der Waals surface area (Å²) in [7, 11) is 0. The zero-order chi connectivity index (χ0) is 14.8. The van der Waals surface area contributed by atoms with Crippen LogP contribution in [0.15, 0.2) is 36.7 Å². The maximum Gasteiger partial charge on any atom is 0.0986 e. The van der Waals surface area contributed by atoms with Gasteiger partial charge in [-0.15, -0.1) is 0 Å². The van der Waals surface area contributed by atoms with Crippen LogP contribution in [0.4, 0.5) is 11.4 Å². The molecular weight excluding hydrogens is 264 g/mol. The standard InChI is InChI=1S/C16H18N4O/c1-2-10(21)9-20-14-12-6-4-8-19-16(12)15-11(13(14)17)5-3-7-18-15/h3-8,10,20-21H,2,9,17H2,1H3. The van der Waals surface area contributed by atoms with Gasteiger partial charge in [-0.3, -0.25) is 9.97 Å². The van der Waals surface area contributed by atoms with Gasteiger partial charge >= 0.3 is 0 Å². The molecule has 3 rings (SSSR count). The summed E-state index contributed by atoms with van der Waals surface area (Å²) in [5.41, 5.74) is 9.37. The minimum atomic E-state index is -0.402. The third kappa shape index (κ3) is 2.36. The number of nitrogens with zero attached hydrogens (tertiary/aromatic N) is 2. The van der Waals surface area contributed by atoms with Crippen LogP contribution in [-0.4, -0.2) is 27.7 Å². The van der Waals surface area contributed by atoms with Crippen LogP contribution in [0, 0.1) is 0 Å². The van der Waals surface area contributed by atoms with Crippen LogP contribution < -0.4 is 11.1 Å². The van der Waals surface area contributed by atoms with E-state index in [2.05, 4.69) is 15.3 Å². The molecule has 1 unspecified atom stereocenters. The average molecular weight is 282 g/mol. The zero-order valence-corrected chi connectivity index (χ0v) is 11.9. The van der Waals surface area contributed by atoms with Crippen LogP contribution in [0.2, 0.25) is 0 Å². The van der Waals surface area contributed by atoms with Gasteiger partial charge in [0.15, 0.2) is 0 Å². The Kier molecular flexibility index (Phi) is 3.58. The highest BCUT2D eigenvalue weighted by atomic mass is 16.3. The number of nitrogens with two attached hydrogens (primary N) is 1. The molecule has 2 heterocycles. The first kappa shape index (κ1) is 13.6. The number of pyridine rings is 2. The maximum atomic E-state index is 9.76. The molecule has 1 aromatic carbocycles. The van der Waals surface area contributed by atoms with E-state index in [0.717, 1.165) is 27.5 Å². The monoisotopic (exact) mass is 282 g/mol. The van der Waals surface area contributed by atoms with Gasteiger partial charge in [0.25, 0.3) is 0 Å². The molecule has 5 heteroatoms. The summed E-state index contributed by atoms with van der Waals surface area (Å²) in [4.78, 5) is 8.84. The lowest BCUT2D eigenvalue weighted by Gasteiger charge is -2.16. The highest BCUT2D eigenvalue weighted by Gasteiger charge is 2.14. The summed E-state index contributed by atoms with van der Waals surface area (Å²) in [6.07, 6.45) is 3.78. The molecule has 4 N–H and O–H groups in total. The van der Waals surface area contributed by atoms with Gasteiger partial charge in [0.05, 0.1) is 28.5 Å². The van der Waals surface area contributed by atoms with Gasteiger partial charge in [0.1, 0.15) is 0 Å². The van der Waals surface area contributed by atoms with Gasteiger partial charge in [-0.05, 0) is 30.7 Å². The van der Waals surface area contributed by atoms with Crippen LogP contribution in [-0.2, 0) is 0 Å². The highest BCUT2D eigenvalue weighted by molar-refractivity contribution is 6.16. The molecule has 0 saturated carbocycles. The van der Waals surface area contributed by atoms with Gasteiger partial charge in [0.2, 0.25) is 0 Å². The van der Waals surface area contributed by atoms with Crippen molar-refractivity contribution in [1.82, 2.24) is 9.97 Å². The lowest BCUT2D eigenvalue weighted by atomic mass is 10.1. The molecule has 0 spiro atoms. The Morgan fingerprint density at radius 1 is 1.14 bits per heavy atom. The molecule has 1 atom stereocenters. The lowest BCUT2D eigenvalue weighted by Crippen LogP contribution is -2.19. The Balaban J connectivity index is 2.23. The second-order valence-electron chi connectivity index (χ2n) is 5.03. The fourth-order valence-electron chi connectivity index (χ4n) is 2.44. The van der Waals surface area contributed by atoms with Gasteiger partial charge < -0.3 is 16.2 Å². The highest BCUT2D eigenvalue weighted by Crippen LogP contribution is 2.36. The van der Waals surface area contributed by atoms with E-state index in [4.69, 9.17) is 5.73 Å². The predicted molar refractivity (Wildman–Crippen MR) is 86.2 cm³/mol. The first-order valence-electron chi connectivity index (χ1n) is 7.05. The van der Waals surface area contributed by atoms with Crippen molar-refractivity contribution in [3.8, 4) is 0 Å². The number of benzene rings is 1. The maximum absolute atomic E-state index is 9.76. The van der Waals surface area contributed by atoms with Gasteiger partial charge in [-0.2, -0.15) is 0 Å². The molecule has 21 heavy (non-hydrogen) atoms. The van der Waals surface area contributed by atoms with Crippen molar-refractivity contribution in [2.24, 2.45) is 0 Å². The molecule has 108 valence electrons. The Morgan fingerprint density at radius 2 is 1.76 bits per heavy atom. The molecule has 3 aromatic rings. The molecule has 0 aliphatic heterocycles. The third-order valence-corrected chi connectivity index (χ3v) is 3.65. The quantitative estimate of drug-likeness (QED) is 0.389. The van der Waals surface area contributed by atoms with E-state index in [9.17, 15) is 5.11 Å². The van der Waals surface area contributed by atoms with Crippen molar-refractivity contribution < 1.29 is 5.11 Å². The van der Waals surface area contributed by atoms with Crippen LogP contribution in [0.1, 0.15) is 13.3 Å². The molecule has 0 saturated heterocycles. The van der Waals surface area contributed by atoms with Crippen LogP contribution in [0.3, 0.4) is 0 Å². The number of aromatic nitrogens is 2. The van der Waals surface area contributed by atoms with Crippen molar-refractivity contribution >= 4 is 33.2 Å². The van der Waals surface area contributed by atoms with E-state index < -0.39 is 6.10 Å². The van der Waals surface area contributed by atoms with E-state index >= 15 is 0 Å². The number of hydrogen-bond acceptors (Lipinski definition) is 5. The largest absolute Gasteiger partial charge is 0.396 e. The minimum absolute atomic E-state index is 0.402. The van der Waals surface area contributed by atoms with Crippen LogP contribution in [0.25, 0.3) is 21.8 Å². The van der Waals surface area contributed by atoms with E-state index in [0.29, 0.717) is 18.7 Å². The van der Waals surface area contributed by atoms with Crippen molar-refractivity contribution in [2.75, 3.05) is 17.6 Å². The molecule has 0 fully saturated rings. The van der Waals surface area contributed by atoms with E-state index in [1.807, 2.05) is 31.2 Å². The number of hydrogen-bond donors (Lipinski definition) is 3. The van der Waals surface area contributed by atoms with E-state index in [-0.39, 0.29) is 0 Å². The third-order valence-electron chi connectivity index (χ3n) is 3.65. The normalized spacial score (nSPS) is 12.7. The van der Waals surface area contributed by atoms with E-state index in [1.54, 1.807) is 12.4 Å². The summed E-state index contributed by atoms with van der Waals surface area (Å²) in [6, 6.07) is 7.64. The Morgan fingerprint density at radius 3 is 2.43 bits per heavy atom. The van der Waals surface area contributed by atoms with Crippen molar-refractivity contribution in [3.05, 3.63) is 36.7 Å². The molecule has 0 aliphatic carbocycles. The van der Waals surface area contributed by atoms with Crippen molar-refractivity contribution in [3.63, 3.8) is 0 Å². The SMILES string of the molecule is CCC(O)CNc1c(N)c2cccnc2c2ncccc12. The predicted octanol–water partition coefficient (Wildman–Crippen LogP) is 2.55. The van der Waals surface area contributed by atoms with Gasteiger partial charge in [0, 0.05) is 29.7 Å². The summed E-state index contributed by atoms with van der Waals surface area (Å²) in [5.74, 6) is 0. The van der Waals surface area contributed by atoms with Crippen molar-refractivity contribution in [2.45, 2.75) is 19.4 Å². The summed E-state index contributed by atoms with van der Waals surface area (Å²) < 4.78 is 0. The number of aliphatic hydroxyl groups excluding tert-OH is 1. The summed E-state index contributed by atoms with van der Waals surface area (Å²) in [5, 5.41) is 14.8. The number of nitrogens with one attached hydrogen (secondary N) is 1. The van der Waals surface area contributed by atoms with Gasteiger partial charge in [-0.25, -0.2) is 0 Å². The molecule has 0 bridgehead atoms. The fourth-order valence-corrected chi connectivity index (χ4v) is 2.44. The Bertz CT molecular complexity index is 788. The molecule has 2 aromatic heterocycles. The Labute approximate surface area is 122 Å². The topological polar surface area (TPSA) is 84.1 Å². The number of aliphatic hydroxyl groups is 1. The lowest BCUT2D eigenvalue weighted by molar-refractivity contribution is 0.183. The molecule has 0 radical (unpaired) electrons. The van der Waals surface area contributed by atoms with Gasteiger partial charge in [-0.1, -0.05) is 6.92 Å². The smallest absolute Gasteiger partial charge is 0.0986 e. The molecule has 0 aliphatic rings. The second-order valence-corrected chi connectivity index (χ2v) is 5.03. The van der Waals surface area contributed by atoms with Crippen molar-refractivity contribution in [1.29, 1.82) is 0 Å². The Hall–Kier alpha value is -2.40. The number of nitrogen functional groups attached to an aromatic ring is 1. The number of rotatable bonds is 4. The number of fused-ring (bicyclic) bond motifs is 3. The second kappa shape index (κ2) is 5.54. The average Bonchev–Trinajstić information content (AvgIpc) is 2.54. The molecular formula is C16H18N4O. The van der Waals surface area contributed by atoms with E-state index in [1.165, 1.54) is 0 Å². The fraction of sp³-hybridized carbons (Fsp3) is 0.250. The van der Waals surface area contributed by atoms with Crippen LogP contribution >= 0.6 is 0 Å². The summed E-state index contributed by atoms with van der Waals surface area (Å²) in [6.45, 7) is 2.40. The zero-order valence-electron chi connectivity index (χ0n) is 11.9. The minimum Gasteiger partial charge on any atom is -0.396 e. The molecule has 5 nitrogen and oxygen atoms in total.